The second kappa shape index (κ2) is 8.83. The van der Waals surface area contributed by atoms with Gasteiger partial charge in [0.15, 0.2) is 0 Å². The van der Waals surface area contributed by atoms with Crippen LogP contribution in [0.2, 0.25) is 0 Å². The standard InChI is InChI=1S/C19H21F3N6/c1-14-11-17(27-18(26-14)28-10-9-24-13-28)25-8-2-7-23-12-15-3-5-16(6-4-15)19(20,21)22/h3-6,9-11,13,23H,2,7-8,12H2,1H3,(H,25,26,27). The molecule has 0 spiro atoms. The number of alkyl halides is 3. The van der Waals surface area contributed by atoms with Crippen LogP contribution in [0, 0.1) is 6.92 Å². The van der Waals surface area contributed by atoms with Crippen LogP contribution in [-0.2, 0) is 12.7 Å². The van der Waals surface area contributed by atoms with Crippen LogP contribution in [-0.4, -0.2) is 32.6 Å². The highest BCUT2D eigenvalue weighted by atomic mass is 19.4. The van der Waals surface area contributed by atoms with Crippen LogP contribution >= 0.6 is 0 Å². The Balaban J connectivity index is 1.40. The summed E-state index contributed by atoms with van der Waals surface area (Å²) in [4.78, 5) is 12.8. The van der Waals surface area contributed by atoms with E-state index in [0.717, 1.165) is 42.2 Å². The van der Waals surface area contributed by atoms with Crippen LogP contribution in [0.25, 0.3) is 5.95 Å². The van der Waals surface area contributed by atoms with E-state index in [1.54, 1.807) is 23.3 Å². The van der Waals surface area contributed by atoms with Gasteiger partial charge in [-0.15, -0.1) is 0 Å². The number of nitrogens with zero attached hydrogens (tertiary/aromatic N) is 4. The molecule has 2 aromatic heterocycles. The van der Waals surface area contributed by atoms with Gasteiger partial charge < -0.3 is 10.6 Å². The number of aryl methyl sites for hydroxylation is 1. The maximum atomic E-state index is 12.5. The molecule has 0 aliphatic heterocycles. The van der Waals surface area contributed by atoms with Crippen molar-refractivity contribution in [2.45, 2.75) is 26.1 Å². The SMILES string of the molecule is Cc1cc(NCCCNCc2ccc(C(F)(F)F)cc2)nc(-n2ccnc2)n1. The molecule has 9 heteroatoms. The number of hydrogen-bond donors (Lipinski definition) is 2. The quantitative estimate of drug-likeness (QED) is 0.576. The number of nitrogens with one attached hydrogen (secondary N) is 2. The summed E-state index contributed by atoms with van der Waals surface area (Å²) in [7, 11) is 0. The third kappa shape index (κ3) is 5.53. The zero-order chi connectivity index (χ0) is 20.0. The highest BCUT2D eigenvalue weighted by Crippen LogP contribution is 2.29. The molecular weight excluding hydrogens is 369 g/mol. The maximum Gasteiger partial charge on any atom is 0.416 e. The van der Waals surface area contributed by atoms with E-state index < -0.39 is 11.7 Å². The summed E-state index contributed by atoms with van der Waals surface area (Å²) in [6.45, 7) is 3.86. The molecule has 0 amide bonds. The van der Waals surface area contributed by atoms with Crippen molar-refractivity contribution in [3.05, 3.63) is 65.9 Å². The fourth-order valence-electron chi connectivity index (χ4n) is 2.61. The van der Waals surface area contributed by atoms with E-state index in [-0.39, 0.29) is 0 Å². The molecule has 0 bridgehead atoms. The van der Waals surface area contributed by atoms with E-state index in [1.165, 1.54) is 12.1 Å². The van der Waals surface area contributed by atoms with Gasteiger partial charge in [-0.25, -0.2) is 9.97 Å². The van der Waals surface area contributed by atoms with Crippen LogP contribution < -0.4 is 10.6 Å². The molecule has 0 saturated carbocycles. The van der Waals surface area contributed by atoms with E-state index in [9.17, 15) is 13.2 Å². The molecule has 3 aromatic rings. The summed E-state index contributed by atoms with van der Waals surface area (Å²) < 4.78 is 39.4. The topological polar surface area (TPSA) is 67.7 Å². The Morgan fingerprint density at radius 1 is 1.07 bits per heavy atom. The first-order valence-electron chi connectivity index (χ1n) is 8.86. The van der Waals surface area contributed by atoms with Crippen LogP contribution in [0.5, 0.6) is 0 Å². The lowest BCUT2D eigenvalue weighted by Gasteiger charge is -2.10. The molecule has 2 N–H and O–H groups in total. The first-order valence-corrected chi connectivity index (χ1v) is 8.86. The first kappa shape index (κ1) is 19.8. The molecule has 6 nitrogen and oxygen atoms in total. The van der Waals surface area contributed by atoms with Crippen molar-refractivity contribution in [1.82, 2.24) is 24.8 Å². The smallest absolute Gasteiger partial charge is 0.370 e. The summed E-state index contributed by atoms with van der Waals surface area (Å²) >= 11 is 0. The van der Waals surface area contributed by atoms with Gasteiger partial charge in [-0.3, -0.25) is 4.57 Å². The molecule has 28 heavy (non-hydrogen) atoms. The number of imidazole rings is 1. The Kier molecular flexibility index (Phi) is 6.25. The van der Waals surface area contributed by atoms with Crippen molar-refractivity contribution >= 4 is 5.82 Å². The fourth-order valence-corrected chi connectivity index (χ4v) is 2.61. The minimum atomic E-state index is -4.30. The van der Waals surface area contributed by atoms with Gasteiger partial charge in [-0.1, -0.05) is 12.1 Å². The Labute approximate surface area is 160 Å². The fraction of sp³-hybridized carbons (Fsp3) is 0.316. The van der Waals surface area contributed by atoms with Gasteiger partial charge in [0.2, 0.25) is 5.95 Å². The second-order valence-electron chi connectivity index (χ2n) is 6.32. The lowest BCUT2D eigenvalue weighted by atomic mass is 10.1. The van der Waals surface area contributed by atoms with Crippen molar-refractivity contribution in [2.75, 3.05) is 18.4 Å². The zero-order valence-corrected chi connectivity index (χ0v) is 15.4. The van der Waals surface area contributed by atoms with Crippen LogP contribution in [0.1, 0.15) is 23.2 Å². The molecular formula is C19H21F3N6. The van der Waals surface area contributed by atoms with Gasteiger partial charge in [0.05, 0.1) is 5.56 Å². The third-order valence-corrected chi connectivity index (χ3v) is 4.02. The number of rotatable bonds is 8. The monoisotopic (exact) mass is 390 g/mol. The molecule has 0 saturated heterocycles. The van der Waals surface area contributed by atoms with E-state index in [4.69, 9.17) is 0 Å². The Morgan fingerprint density at radius 2 is 1.86 bits per heavy atom. The predicted molar refractivity (Wildman–Crippen MR) is 100 cm³/mol. The lowest BCUT2D eigenvalue weighted by molar-refractivity contribution is -0.137. The Bertz CT molecular complexity index is 876. The largest absolute Gasteiger partial charge is 0.416 e. The van der Waals surface area contributed by atoms with Gasteiger partial charge in [-0.2, -0.15) is 18.2 Å². The summed E-state index contributed by atoms with van der Waals surface area (Å²) in [6.07, 6.45) is 1.63. The third-order valence-electron chi connectivity index (χ3n) is 4.02. The van der Waals surface area contributed by atoms with Crippen LogP contribution in [0.15, 0.2) is 49.1 Å². The number of benzene rings is 1. The molecule has 0 aliphatic carbocycles. The molecule has 0 unspecified atom stereocenters. The van der Waals surface area contributed by atoms with E-state index in [0.29, 0.717) is 19.0 Å². The lowest BCUT2D eigenvalue weighted by Crippen LogP contribution is -2.18. The van der Waals surface area contributed by atoms with Crippen LogP contribution in [0.4, 0.5) is 19.0 Å². The highest BCUT2D eigenvalue weighted by molar-refractivity contribution is 5.38. The highest BCUT2D eigenvalue weighted by Gasteiger charge is 2.29. The minimum absolute atomic E-state index is 0.523. The molecule has 0 fully saturated rings. The van der Waals surface area contributed by atoms with Crippen molar-refractivity contribution in [3.63, 3.8) is 0 Å². The van der Waals surface area contributed by atoms with Gasteiger partial charge in [-0.05, 0) is 37.6 Å². The summed E-state index contributed by atoms with van der Waals surface area (Å²) in [5, 5.41) is 6.49. The molecule has 148 valence electrons. The summed E-state index contributed by atoms with van der Waals surface area (Å²) in [6, 6.07) is 7.07. The van der Waals surface area contributed by atoms with Gasteiger partial charge >= 0.3 is 6.18 Å². The molecule has 2 heterocycles. The van der Waals surface area contributed by atoms with Gasteiger partial charge in [0.1, 0.15) is 12.1 Å². The van der Waals surface area contributed by atoms with Crippen molar-refractivity contribution in [3.8, 4) is 5.95 Å². The van der Waals surface area contributed by atoms with E-state index in [1.807, 2.05) is 13.0 Å². The Morgan fingerprint density at radius 3 is 2.54 bits per heavy atom. The summed E-state index contributed by atoms with van der Waals surface area (Å²) in [5.41, 5.74) is 1.04. The zero-order valence-electron chi connectivity index (χ0n) is 15.4. The Hall–Kier alpha value is -2.94. The molecule has 0 radical (unpaired) electrons. The van der Waals surface area contributed by atoms with E-state index >= 15 is 0 Å². The molecule has 0 atom stereocenters. The molecule has 3 rings (SSSR count). The number of hydrogen-bond acceptors (Lipinski definition) is 5. The number of halogens is 3. The van der Waals surface area contributed by atoms with Crippen LogP contribution in [0.3, 0.4) is 0 Å². The molecule has 0 aliphatic rings. The number of aromatic nitrogens is 4. The predicted octanol–water partition coefficient (Wildman–Crippen LogP) is 3.58. The molecule has 1 aromatic carbocycles. The van der Waals surface area contributed by atoms with Crippen molar-refractivity contribution in [1.29, 1.82) is 0 Å². The van der Waals surface area contributed by atoms with Crippen molar-refractivity contribution in [2.24, 2.45) is 0 Å². The minimum Gasteiger partial charge on any atom is -0.370 e. The average molecular weight is 390 g/mol. The number of anilines is 1. The normalized spacial score (nSPS) is 11.6. The van der Waals surface area contributed by atoms with E-state index in [2.05, 4.69) is 25.6 Å². The maximum absolute atomic E-state index is 12.5. The first-order chi connectivity index (χ1) is 13.4. The summed E-state index contributed by atoms with van der Waals surface area (Å²) in [5.74, 6) is 1.29. The van der Waals surface area contributed by atoms with Gasteiger partial charge in [0, 0.05) is 37.2 Å². The van der Waals surface area contributed by atoms with Crippen molar-refractivity contribution < 1.29 is 13.2 Å². The average Bonchev–Trinajstić information content (AvgIpc) is 3.19. The second-order valence-corrected chi connectivity index (χ2v) is 6.32. The van der Waals surface area contributed by atoms with Gasteiger partial charge in [0.25, 0.3) is 0 Å².